The van der Waals surface area contributed by atoms with Crippen LogP contribution in [0.2, 0.25) is 0 Å². The third kappa shape index (κ3) is 3.92. The summed E-state index contributed by atoms with van der Waals surface area (Å²) in [4.78, 5) is 14.5. The Morgan fingerprint density at radius 3 is 2.68 bits per heavy atom. The second-order valence-corrected chi connectivity index (χ2v) is 6.27. The van der Waals surface area contributed by atoms with Crippen molar-refractivity contribution in [3.8, 4) is 0 Å². The van der Waals surface area contributed by atoms with Crippen molar-refractivity contribution in [2.24, 2.45) is 0 Å². The van der Waals surface area contributed by atoms with Crippen LogP contribution in [0.1, 0.15) is 42.5 Å². The van der Waals surface area contributed by atoms with E-state index in [4.69, 9.17) is 0 Å². The molecule has 0 heterocycles. The van der Waals surface area contributed by atoms with Gasteiger partial charge in [0.2, 0.25) is 0 Å². The van der Waals surface area contributed by atoms with Crippen LogP contribution in [-0.4, -0.2) is 35.1 Å². The van der Waals surface area contributed by atoms with Crippen LogP contribution in [0.5, 0.6) is 0 Å². The van der Waals surface area contributed by atoms with Gasteiger partial charge < -0.3 is 10.0 Å². The molecule has 1 aromatic rings. The zero-order chi connectivity index (χ0) is 13.7. The van der Waals surface area contributed by atoms with E-state index < -0.39 is 0 Å². The molecule has 1 aliphatic rings. The molecule has 3 nitrogen and oxygen atoms in total. The molecule has 0 aromatic heterocycles. The molecule has 2 rings (SSSR count). The Morgan fingerprint density at radius 2 is 2.05 bits per heavy atom. The van der Waals surface area contributed by atoms with Gasteiger partial charge in [0, 0.05) is 21.7 Å². The summed E-state index contributed by atoms with van der Waals surface area (Å²) in [5.41, 5.74) is 0.728. The van der Waals surface area contributed by atoms with Crippen molar-refractivity contribution in [2.75, 3.05) is 13.2 Å². The van der Waals surface area contributed by atoms with Crippen LogP contribution < -0.4 is 0 Å². The Hall–Kier alpha value is -0.620. The summed E-state index contributed by atoms with van der Waals surface area (Å²) in [5.74, 6) is 0.0551. The van der Waals surface area contributed by atoms with Crippen LogP contribution in [0.15, 0.2) is 24.3 Å². The molecule has 0 aliphatic heterocycles. The lowest BCUT2D eigenvalue weighted by molar-refractivity contribution is 0.0585. The van der Waals surface area contributed by atoms with E-state index in [1.807, 2.05) is 29.2 Å². The smallest absolute Gasteiger partial charge is 0.254 e. The second kappa shape index (κ2) is 7.24. The molecule has 0 radical (unpaired) electrons. The van der Waals surface area contributed by atoms with Crippen LogP contribution >= 0.6 is 22.6 Å². The summed E-state index contributed by atoms with van der Waals surface area (Å²) < 4.78 is 1.07. The fourth-order valence-corrected chi connectivity index (χ4v) is 3.28. The molecular formula is C15H20INO2. The highest BCUT2D eigenvalue weighted by Gasteiger charge is 2.25. The second-order valence-electron chi connectivity index (χ2n) is 5.02. The molecule has 0 unspecified atom stereocenters. The van der Waals surface area contributed by atoms with E-state index in [-0.39, 0.29) is 12.5 Å². The van der Waals surface area contributed by atoms with E-state index >= 15 is 0 Å². The summed E-state index contributed by atoms with van der Waals surface area (Å²) in [5, 5.41) is 9.22. The van der Waals surface area contributed by atoms with E-state index in [0.29, 0.717) is 12.6 Å². The molecule has 0 saturated heterocycles. The maximum Gasteiger partial charge on any atom is 0.254 e. The van der Waals surface area contributed by atoms with Crippen LogP contribution in [0.4, 0.5) is 0 Å². The van der Waals surface area contributed by atoms with Crippen molar-refractivity contribution in [2.45, 2.75) is 38.1 Å². The largest absolute Gasteiger partial charge is 0.395 e. The van der Waals surface area contributed by atoms with E-state index in [1.54, 1.807) is 0 Å². The Balaban J connectivity index is 2.15. The zero-order valence-corrected chi connectivity index (χ0v) is 13.2. The van der Waals surface area contributed by atoms with Crippen molar-refractivity contribution in [3.05, 3.63) is 33.4 Å². The van der Waals surface area contributed by atoms with E-state index in [1.165, 1.54) is 19.3 Å². The molecule has 1 saturated carbocycles. The fourth-order valence-electron chi connectivity index (χ4n) is 2.74. The molecule has 0 spiro atoms. The Bertz CT molecular complexity index is 430. The fraction of sp³-hybridized carbons (Fsp3) is 0.533. The average Bonchev–Trinajstić information content (AvgIpc) is 2.45. The molecule has 19 heavy (non-hydrogen) atoms. The molecule has 1 fully saturated rings. The molecular weight excluding hydrogens is 353 g/mol. The molecule has 1 amide bonds. The number of carbonyl (C=O) groups is 1. The molecule has 1 N–H and O–H groups in total. The standard InChI is InChI=1S/C15H20INO2/c16-13-6-4-5-12(11-13)15(19)17(9-10-18)14-7-2-1-3-8-14/h4-6,11,14,18H,1-3,7-10H2. The number of carbonyl (C=O) groups excluding carboxylic acids is 1. The number of benzene rings is 1. The van der Waals surface area contributed by atoms with Crippen molar-refractivity contribution in [1.29, 1.82) is 0 Å². The van der Waals surface area contributed by atoms with E-state index in [0.717, 1.165) is 22.0 Å². The van der Waals surface area contributed by atoms with Crippen LogP contribution in [0.3, 0.4) is 0 Å². The van der Waals surface area contributed by atoms with Gasteiger partial charge in [0.15, 0.2) is 0 Å². The number of hydrogen-bond acceptors (Lipinski definition) is 2. The van der Waals surface area contributed by atoms with Crippen molar-refractivity contribution < 1.29 is 9.90 Å². The monoisotopic (exact) mass is 373 g/mol. The highest BCUT2D eigenvalue weighted by molar-refractivity contribution is 14.1. The van der Waals surface area contributed by atoms with Gasteiger partial charge in [0.25, 0.3) is 5.91 Å². The van der Waals surface area contributed by atoms with Gasteiger partial charge >= 0.3 is 0 Å². The minimum atomic E-state index is 0.0339. The summed E-state index contributed by atoms with van der Waals surface area (Å²) in [7, 11) is 0. The summed E-state index contributed by atoms with van der Waals surface area (Å²) in [6.07, 6.45) is 5.77. The number of amides is 1. The quantitative estimate of drug-likeness (QED) is 0.825. The van der Waals surface area contributed by atoms with Gasteiger partial charge in [-0.3, -0.25) is 4.79 Å². The van der Waals surface area contributed by atoms with Gasteiger partial charge in [0.05, 0.1) is 6.61 Å². The summed E-state index contributed by atoms with van der Waals surface area (Å²) in [6, 6.07) is 7.96. The number of aliphatic hydroxyl groups is 1. The number of rotatable bonds is 4. The van der Waals surface area contributed by atoms with Gasteiger partial charge in [-0.1, -0.05) is 25.3 Å². The SMILES string of the molecule is O=C(c1cccc(I)c1)N(CCO)C1CCCCC1. The molecule has 0 bridgehead atoms. The molecule has 0 atom stereocenters. The minimum absolute atomic E-state index is 0.0339. The van der Waals surface area contributed by atoms with Crippen LogP contribution in [0, 0.1) is 3.57 Å². The van der Waals surface area contributed by atoms with E-state index in [2.05, 4.69) is 22.6 Å². The lowest BCUT2D eigenvalue weighted by atomic mass is 9.93. The normalized spacial score (nSPS) is 16.3. The maximum atomic E-state index is 12.6. The molecule has 104 valence electrons. The van der Waals surface area contributed by atoms with Gasteiger partial charge in [-0.2, -0.15) is 0 Å². The zero-order valence-electron chi connectivity index (χ0n) is 11.0. The van der Waals surface area contributed by atoms with Gasteiger partial charge in [-0.15, -0.1) is 0 Å². The first-order chi connectivity index (χ1) is 9.22. The van der Waals surface area contributed by atoms with Gasteiger partial charge in [-0.05, 0) is 53.6 Å². The molecule has 4 heteroatoms. The van der Waals surface area contributed by atoms with Crippen LogP contribution in [0.25, 0.3) is 0 Å². The van der Waals surface area contributed by atoms with Gasteiger partial charge in [0.1, 0.15) is 0 Å². The number of halogens is 1. The predicted octanol–water partition coefficient (Wildman–Crippen LogP) is 3.06. The van der Waals surface area contributed by atoms with Crippen molar-refractivity contribution >= 4 is 28.5 Å². The van der Waals surface area contributed by atoms with Crippen molar-refractivity contribution in [1.82, 2.24) is 4.90 Å². The Labute approximate surface area is 128 Å². The Kier molecular flexibility index (Phi) is 5.63. The summed E-state index contributed by atoms with van der Waals surface area (Å²) >= 11 is 2.22. The maximum absolute atomic E-state index is 12.6. The lowest BCUT2D eigenvalue weighted by Gasteiger charge is -2.34. The first kappa shape index (κ1) is 14.8. The molecule has 1 aliphatic carbocycles. The number of nitrogens with zero attached hydrogens (tertiary/aromatic N) is 1. The topological polar surface area (TPSA) is 40.5 Å². The number of aliphatic hydroxyl groups excluding tert-OH is 1. The number of hydrogen-bond donors (Lipinski definition) is 1. The summed E-state index contributed by atoms with van der Waals surface area (Å²) in [6.45, 7) is 0.473. The highest BCUT2D eigenvalue weighted by Crippen LogP contribution is 2.24. The highest BCUT2D eigenvalue weighted by atomic mass is 127. The van der Waals surface area contributed by atoms with Crippen molar-refractivity contribution in [3.63, 3.8) is 0 Å². The third-order valence-corrected chi connectivity index (χ3v) is 4.36. The van der Waals surface area contributed by atoms with E-state index in [9.17, 15) is 9.90 Å². The average molecular weight is 373 g/mol. The first-order valence-electron chi connectivity index (χ1n) is 6.90. The minimum Gasteiger partial charge on any atom is -0.395 e. The van der Waals surface area contributed by atoms with Gasteiger partial charge in [-0.25, -0.2) is 0 Å². The first-order valence-corrected chi connectivity index (χ1v) is 7.97. The molecule has 1 aromatic carbocycles. The third-order valence-electron chi connectivity index (χ3n) is 3.69. The van der Waals surface area contributed by atoms with Crippen LogP contribution in [-0.2, 0) is 0 Å². The lowest BCUT2D eigenvalue weighted by Crippen LogP contribution is -2.43. The predicted molar refractivity (Wildman–Crippen MR) is 84.2 cm³/mol. The Morgan fingerprint density at radius 1 is 1.32 bits per heavy atom.